The second-order valence-corrected chi connectivity index (χ2v) is 11.2. The molecule has 0 saturated carbocycles. The summed E-state index contributed by atoms with van der Waals surface area (Å²) < 4.78 is 27.3. The monoisotopic (exact) mass is 442 g/mol. The highest BCUT2D eigenvalue weighted by Gasteiger charge is 2.34. The van der Waals surface area contributed by atoms with Gasteiger partial charge in [0.05, 0.1) is 11.7 Å². The van der Waals surface area contributed by atoms with Gasteiger partial charge in [-0.2, -0.15) is 0 Å². The minimum Gasteiger partial charge on any atom is -0.351 e. The van der Waals surface area contributed by atoms with E-state index in [0.717, 1.165) is 31.2 Å². The molecule has 2 aromatic carbocycles. The molecule has 0 aromatic heterocycles. The van der Waals surface area contributed by atoms with Gasteiger partial charge in [0.15, 0.2) is 0 Å². The van der Waals surface area contributed by atoms with E-state index in [0.29, 0.717) is 13.0 Å². The Labute approximate surface area is 186 Å². The predicted octanol–water partition coefficient (Wildman–Crippen LogP) is 3.80. The zero-order valence-electron chi connectivity index (χ0n) is 18.6. The first-order valence-corrected chi connectivity index (χ1v) is 12.7. The first-order chi connectivity index (χ1) is 14.8. The van der Waals surface area contributed by atoms with Crippen LogP contribution in [0.4, 0.5) is 0 Å². The highest BCUT2D eigenvalue weighted by molar-refractivity contribution is 7.89. The van der Waals surface area contributed by atoms with Crippen LogP contribution in [0.1, 0.15) is 44.2 Å². The van der Waals surface area contributed by atoms with E-state index in [4.69, 9.17) is 0 Å². The van der Waals surface area contributed by atoms with E-state index in [2.05, 4.69) is 17.4 Å². The number of hydrogen-bond acceptors (Lipinski definition) is 3. The number of nitrogens with zero attached hydrogens (tertiary/aromatic N) is 1. The van der Waals surface area contributed by atoms with Crippen LogP contribution < -0.4 is 5.32 Å². The summed E-state index contributed by atoms with van der Waals surface area (Å²) in [6.07, 6.45) is 3.50. The van der Waals surface area contributed by atoms with Gasteiger partial charge in [0.25, 0.3) is 0 Å². The number of aryl methyl sites for hydroxylation is 1. The van der Waals surface area contributed by atoms with Crippen molar-refractivity contribution in [3.8, 4) is 0 Å². The molecule has 0 spiro atoms. The van der Waals surface area contributed by atoms with Gasteiger partial charge in [-0.1, -0.05) is 60.7 Å². The highest BCUT2D eigenvalue weighted by Crippen LogP contribution is 2.22. The van der Waals surface area contributed by atoms with Crippen LogP contribution in [0.15, 0.2) is 60.7 Å². The van der Waals surface area contributed by atoms with Gasteiger partial charge in [0.2, 0.25) is 15.9 Å². The number of hydrogen-bond donors (Lipinski definition) is 1. The molecule has 0 radical (unpaired) electrons. The Morgan fingerprint density at radius 3 is 2.29 bits per heavy atom. The van der Waals surface area contributed by atoms with Gasteiger partial charge in [-0.3, -0.25) is 4.79 Å². The maximum Gasteiger partial charge on any atom is 0.224 e. The Bertz CT molecular complexity index is 943. The van der Waals surface area contributed by atoms with Crippen molar-refractivity contribution >= 4 is 15.9 Å². The minimum atomic E-state index is -3.36. The molecule has 1 heterocycles. The second-order valence-electron chi connectivity index (χ2n) is 9.14. The van der Waals surface area contributed by atoms with Gasteiger partial charge in [0, 0.05) is 18.6 Å². The predicted molar refractivity (Wildman–Crippen MR) is 125 cm³/mol. The molecule has 1 N–H and O–H groups in total. The zero-order chi connectivity index (χ0) is 22.3. The lowest BCUT2D eigenvalue weighted by atomic mass is 9.92. The van der Waals surface area contributed by atoms with Crippen molar-refractivity contribution in [2.45, 2.75) is 51.5 Å². The van der Waals surface area contributed by atoms with Crippen molar-refractivity contribution in [2.75, 3.05) is 18.8 Å². The van der Waals surface area contributed by atoms with Crippen LogP contribution in [0.2, 0.25) is 0 Å². The van der Waals surface area contributed by atoms with Gasteiger partial charge in [-0.25, -0.2) is 12.7 Å². The summed E-state index contributed by atoms with van der Waals surface area (Å²) in [5.74, 6) is -0.228. The van der Waals surface area contributed by atoms with E-state index in [1.54, 1.807) is 0 Å². The molecule has 6 heteroatoms. The maximum absolute atomic E-state index is 12.9. The molecule has 168 valence electrons. The average molecular weight is 443 g/mol. The largest absolute Gasteiger partial charge is 0.351 e. The van der Waals surface area contributed by atoms with Crippen LogP contribution in [-0.2, 0) is 27.7 Å². The minimum absolute atomic E-state index is 0.0508. The Hall–Kier alpha value is -2.18. The molecule has 1 aliphatic heterocycles. The molecule has 1 saturated heterocycles. The summed E-state index contributed by atoms with van der Waals surface area (Å²) in [4.78, 5) is 12.9. The number of amides is 1. The molecular formula is C25H34N2O3S. The second kappa shape index (κ2) is 10.4. The van der Waals surface area contributed by atoms with Gasteiger partial charge in [0.1, 0.15) is 0 Å². The fourth-order valence-electron chi connectivity index (χ4n) is 4.23. The molecular weight excluding hydrogens is 408 g/mol. The van der Waals surface area contributed by atoms with Crippen LogP contribution >= 0.6 is 0 Å². The number of carbonyl (C=O) groups excluding carboxylic acids is 1. The van der Waals surface area contributed by atoms with Crippen molar-refractivity contribution in [3.63, 3.8) is 0 Å². The molecule has 1 atom stereocenters. The third-order valence-electron chi connectivity index (χ3n) is 5.81. The van der Waals surface area contributed by atoms with Crippen LogP contribution in [0.25, 0.3) is 0 Å². The van der Waals surface area contributed by atoms with Crippen molar-refractivity contribution in [2.24, 2.45) is 5.92 Å². The summed E-state index contributed by atoms with van der Waals surface area (Å²) >= 11 is 0. The number of piperidine rings is 1. The van der Waals surface area contributed by atoms with E-state index in [1.165, 1.54) is 9.87 Å². The zero-order valence-corrected chi connectivity index (χ0v) is 19.4. The summed E-state index contributed by atoms with van der Waals surface area (Å²) in [5.41, 5.74) is 1.92. The lowest BCUT2D eigenvalue weighted by Gasteiger charge is -2.34. The van der Waals surface area contributed by atoms with Crippen molar-refractivity contribution in [1.82, 2.24) is 9.62 Å². The molecule has 3 rings (SSSR count). The van der Waals surface area contributed by atoms with Gasteiger partial charge in [-0.15, -0.1) is 0 Å². The van der Waals surface area contributed by atoms with E-state index < -0.39 is 15.6 Å². The number of nitrogens with one attached hydrogen (secondary N) is 1. The maximum atomic E-state index is 12.9. The summed E-state index contributed by atoms with van der Waals surface area (Å²) in [6, 6.07) is 20.0. The third kappa shape index (κ3) is 7.18. The Morgan fingerprint density at radius 1 is 1.03 bits per heavy atom. The van der Waals surface area contributed by atoms with Crippen LogP contribution in [0.3, 0.4) is 0 Å². The third-order valence-corrected chi connectivity index (χ3v) is 7.73. The summed E-state index contributed by atoms with van der Waals surface area (Å²) in [6.45, 7) is 4.81. The highest BCUT2D eigenvalue weighted by atomic mass is 32.2. The van der Waals surface area contributed by atoms with Crippen molar-refractivity contribution < 1.29 is 13.2 Å². The Kier molecular flexibility index (Phi) is 7.89. The molecule has 1 amide bonds. The fraction of sp³-hybridized carbons (Fsp3) is 0.480. The van der Waals surface area contributed by atoms with Crippen LogP contribution in [0.5, 0.6) is 0 Å². The molecule has 0 aliphatic carbocycles. The fourth-order valence-corrected chi connectivity index (χ4v) is 5.81. The summed E-state index contributed by atoms with van der Waals surface area (Å²) in [7, 11) is -3.36. The van der Waals surface area contributed by atoms with Crippen LogP contribution in [0, 0.1) is 5.92 Å². The van der Waals surface area contributed by atoms with Gasteiger partial charge >= 0.3 is 0 Å². The number of carbonyl (C=O) groups is 1. The number of benzene rings is 2. The average Bonchev–Trinajstić information content (AvgIpc) is 2.74. The lowest BCUT2D eigenvalue weighted by Crippen LogP contribution is -2.51. The molecule has 1 fully saturated rings. The first kappa shape index (κ1) is 23.5. The van der Waals surface area contributed by atoms with E-state index in [-0.39, 0.29) is 24.1 Å². The molecule has 0 unspecified atom stereocenters. The Balaban J connectivity index is 1.53. The van der Waals surface area contributed by atoms with Gasteiger partial charge < -0.3 is 5.32 Å². The van der Waals surface area contributed by atoms with E-state index >= 15 is 0 Å². The number of rotatable bonds is 9. The quantitative estimate of drug-likeness (QED) is 0.642. The molecule has 0 bridgehead atoms. The van der Waals surface area contributed by atoms with Crippen molar-refractivity contribution in [3.05, 3.63) is 71.8 Å². The van der Waals surface area contributed by atoms with Gasteiger partial charge in [-0.05, 0) is 57.1 Å². The molecule has 5 nitrogen and oxygen atoms in total. The van der Waals surface area contributed by atoms with Crippen LogP contribution in [-0.4, -0.2) is 43.0 Å². The molecule has 2 aromatic rings. The topological polar surface area (TPSA) is 66.5 Å². The van der Waals surface area contributed by atoms with E-state index in [1.807, 2.05) is 62.4 Å². The smallest absolute Gasteiger partial charge is 0.224 e. The SMILES string of the molecule is CC(C)(Cc1ccccc1)NC(=O)[C@H]1CCCN(S(=O)(=O)CCCc2ccccc2)C1. The van der Waals surface area contributed by atoms with E-state index in [9.17, 15) is 13.2 Å². The first-order valence-electron chi connectivity index (χ1n) is 11.1. The van der Waals surface area contributed by atoms with Crippen molar-refractivity contribution in [1.29, 1.82) is 0 Å². The lowest BCUT2D eigenvalue weighted by molar-refractivity contribution is -0.127. The summed E-state index contributed by atoms with van der Waals surface area (Å²) in [5, 5.41) is 3.15. The normalized spacial score (nSPS) is 17.9. The molecule has 1 aliphatic rings. The Morgan fingerprint density at radius 2 is 1.65 bits per heavy atom. The standard InChI is InChI=1S/C25H34N2O3S/c1-25(2,19-22-13-7-4-8-14-22)26-24(28)23-16-9-17-27(20-23)31(29,30)18-10-15-21-11-5-3-6-12-21/h3-8,11-14,23H,9-10,15-20H2,1-2H3,(H,26,28)/t23-/m0/s1. The molecule has 31 heavy (non-hydrogen) atoms. The number of sulfonamides is 1.